The SMILES string of the molecule is Cn1cc(I)c2c1CCCC2. The smallest absolute Gasteiger partial charge is 0.0341 e. The number of aryl methyl sites for hydroxylation is 1. The van der Waals surface area contributed by atoms with E-state index < -0.39 is 0 Å². The zero-order chi connectivity index (χ0) is 7.84. The summed E-state index contributed by atoms with van der Waals surface area (Å²) in [5.41, 5.74) is 3.18. The quantitative estimate of drug-likeness (QED) is 0.632. The van der Waals surface area contributed by atoms with Crippen LogP contribution < -0.4 is 0 Å². The van der Waals surface area contributed by atoms with Gasteiger partial charge in [-0.25, -0.2) is 0 Å². The maximum atomic E-state index is 2.44. The van der Waals surface area contributed by atoms with Crippen LogP contribution in [-0.2, 0) is 19.9 Å². The van der Waals surface area contributed by atoms with Gasteiger partial charge in [-0.1, -0.05) is 0 Å². The van der Waals surface area contributed by atoms with E-state index in [1.165, 1.54) is 29.3 Å². The highest BCUT2D eigenvalue weighted by Gasteiger charge is 2.15. The van der Waals surface area contributed by atoms with E-state index in [2.05, 4.69) is 40.4 Å². The van der Waals surface area contributed by atoms with Crippen LogP contribution in [0.1, 0.15) is 24.1 Å². The summed E-state index contributed by atoms with van der Waals surface area (Å²) < 4.78 is 3.75. The third-order valence-electron chi connectivity index (χ3n) is 2.46. The predicted octanol–water partition coefficient (Wildman–Crippen LogP) is 2.51. The van der Waals surface area contributed by atoms with Crippen molar-refractivity contribution in [2.75, 3.05) is 0 Å². The van der Waals surface area contributed by atoms with Gasteiger partial charge in [0.1, 0.15) is 0 Å². The molecule has 0 amide bonds. The highest BCUT2D eigenvalue weighted by Crippen LogP contribution is 2.26. The van der Waals surface area contributed by atoms with Gasteiger partial charge in [0.15, 0.2) is 0 Å². The number of aromatic nitrogens is 1. The van der Waals surface area contributed by atoms with Gasteiger partial charge in [0, 0.05) is 22.5 Å². The third kappa shape index (κ3) is 1.21. The minimum absolute atomic E-state index is 1.29. The fourth-order valence-corrected chi connectivity index (χ4v) is 2.86. The highest BCUT2D eigenvalue weighted by molar-refractivity contribution is 14.1. The molecule has 1 heterocycles. The topological polar surface area (TPSA) is 4.93 Å². The molecule has 1 nitrogen and oxygen atoms in total. The van der Waals surface area contributed by atoms with Crippen LogP contribution in [0, 0.1) is 3.57 Å². The van der Waals surface area contributed by atoms with Gasteiger partial charge in [-0.3, -0.25) is 0 Å². The molecule has 0 saturated carbocycles. The highest BCUT2D eigenvalue weighted by atomic mass is 127. The lowest BCUT2D eigenvalue weighted by atomic mass is 9.98. The second kappa shape index (κ2) is 2.81. The van der Waals surface area contributed by atoms with Crippen LogP contribution in [-0.4, -0.2) is 4.57 Å². The van der Waals surface area contributed by atoms with Crippen molar-refractivity contribution in [3.63, 3.8) is 0 Å². The minimum atomic E-state index is 1.29. The molecule has 2 heteroatoms. The van der Waals surface area contributed by atoms with E-state index >= 15 is 0 Å². The van der Waals surface area contributed by atoms with Gasteiger partial charge in [-0.05, 0) is 53.8 Å². The molecule has 0 aromatic carbocycles. The molecule has 1 aromatic heterocycles. The lowest BCUT2D eigenvalue weighted by molar-refractivity contribution is 0.648. The summed E-state index contributed by atoms with van der Waals surface area (Å²) in [5.74, 6) is 0. The van der Waals surface area contributed by atoms with Gasteiger partial charge in [-0.15, -0.1) is 0 Å². The third-order valence-corrected chi connectivity index (χ3v) is 3.39. The van der Waals surface area contributed by atoms with E-state index in [1.54, 1.807) is 11.3 Å². The van der Waals surface area contributed by atoms with Crippen molar-refractivity contribution < 1.29 is 0 Å². The number of hydrogen-bond acceptors (Lipinski definition) is 0. The molecule has 0 fully saturated rings. The molecule has 1 aliphatic rings. The van der Waals surface area contributed by atoms with E-state index in [1.807, 2.05) is 0 Å². The van der Waals surface area contributed by atoms with Crippen molar-refractivity contribution in [2.24, 2.45) is 7.05 Å². The summed E-state index contributed by atoms with van der Waals surface area (Å²) in [6.45, 7) is 0. The predicted molar refractivity (Wildman–Crippen MR) is 54.8 cm³/mol. The summed E-state index contributed by atoms with van der Waals surface area (Å²) in [7, 11) is 2.16. The summed E-state index contributed by atoms with van der Waals surface area (Å²) in [6.07, 6.45) is 7.59. The standard InChI is InChI=1S/C9H12IN/c1-11-6-8(10)7-4-2-3-5-9(7)11/h6H,2-5H2,1H3. The van der Waals surface area contributed by atoms with Gasteiger partial charge >= 0.3 is 0 Å². The first-order chi connectivity index (χ1) is 5.29. The number of halogens is 1. The molecule has 0 bridgehead atoms. The van der Waals surface area contributed by atoms with Crippen molar-refractivity contribution in [2.45, 2.75) is 25.7 Å². The Balaban J connectivity index is 2.52. The number of rotatable bonds is 0. The molecule has 0 N–H and O–H groups in total. The summed E-state index contributed by atoms with van der Waals surface area (Å²) in [6, 6.07) is 0. The molecular formula is C9H12IN. The molecule has 1 aliphatic carbocycles. The van der Waals surface area contributed by atoms with Crippen molar-refractivity contribution in [3.05, 3.63) is 21.0 Å². The first-order valence-corrected chi connectivity index (χ1v) is 5.19. The van der Waals surface area contributed by atoms with Crippen LogP contribution in [0.5, 0.6) is 0 Å². The Hall–Kier alpha value is 0.01000. The first kappa shape index (κ1) is 7.65. The Bertz CT molecular complexity index is 249. The van der Waals surface area contributed by atoms with Crippen LogP contribution >= 0.6 is 22.6 Å². The van der Waals surface area contributed by atoms with Crippen LogP contribution in [0.4, 0.5) is 0 Å². The van der Waals surface area contributed by atoms with Crippen molar-refractivity contribution >= 4 is 22.6 Å². The Morgan fingerprint density at radius 2 is 2.09 bits per heavy atom. The molecule has 1 aromatic rings. The van der Waals surface area contributed by atoms with Crippen LogP contribution in [0.3, 0.4) is 0 Å². The average molecular weight is 261 g/mol. The maximum Gasteiger partial charge on any atom is 0.0341 e. The second-order valence-electron chi connectivity index (χ2n) is 3.22. The molecule has 0 saturated heterocycles. The van der Waals surface area contributed by atoms with Crippen molar-refractivity contribution in [1.82, 2.24) is 4.57 Å². The molecule has 0 aliphatic heterocycles. The van der Waals surface area contributed by atoms with Crippen LogP contribution in [0.15, 0.2) is 6.20 Å². The monoisotopic (exact) mass is 261 g/mol. The summed E-state index contributed by atoms with van der Waals surface area (Å²) in [4.78, 5) is 0. The molecule has 11 heavy (non-hydrogen) atoms. The van der Waals surface area contributed by atoms with E-state index in [0.717, 1.165) is 0 Å². The van der Waals surface area contributed by atoms with Crippen molar-refractivity contribution in [3.8, 4) is 0 Å². The van der Waals surface area contributed by atoms with Gasteiger partial charge in [0.25, 0.3) is 0 Å². The molecule has 60 valence electrons. The lowest BCUT2D eigenvalue weighted by Crippen LogP contribution is -2.04. The van der Waals surface area contributed by atoms with E-state index in [4.69, 9.17) is 0 Å². The first-order valence-electron chi connectivity index (χ1n) is 4.11. The summed E-state index contributed by atoms with van der Waals surface area (Å²) >= 11 is 2.44. The van der Waals surface area contributed by atoms with E-state index in [-0.39, 0.29) is 0 Å². The zero-order valence-corrected chi connectivity index (χ0v) is 8.89. The number of nitrogens with zero attached hydrogens (tertiary/aromatic N) is 1. The maximum absolute atomic E-state index is 2.44. The van der Waals surface area contributed by atoms with E-state index in [0.29, 0.717) is 0 Å². The average Bonchev–Trinajstić information content (AvgIpc) is 2.30. The zero-order valence-electron chi connectivity index (χ0n) is 6.73. The second-order valence-corrected chi connectivity index (χ2v) is 4.38. The van der Waals surface area contributed by atoms with Crippen LogP contribution in [0.2, 0.25) is 0 Å². The normalized spacial score (nSPS) is 16.5. The Labute approximate surface area is 80.9 Å². The fourth-order valence-electron chi connectivity index (χ4n) is 1.86. The van der Waals surface area contributed by atoms with Gasteiger partial charge in [0.2, 0.25) is 0 Å². The minimum Gasteiger partial charge on any atom is -0.353 e. The Morgan fingerprint density at radius 1 is 1.36 bits per heavy atom. The molecule has 0 unspecified atom stereocenters. The van der Waals surface area contributed by atoms with Crippen LogP contribution in [0.25, 0.3) is 0 Å². The van der Waals surface area contributed by atoms with Crippen molar-refractivity contribution in [1.29, 1.82) is 0 Å². The number of hydrogen-bond donors (Lipinski definition) is 0. The molecule has 0 atom stereocenters. The molecular weight excluding hydrogens is 249 g/mol. The summed E-state index contributed by atoms with van der Waals surface area (Å²) in [5, 5.41) is 0. The Morgan fingerprint density at radius 3 is 2.82 bits per heavy atom. The molecule has 2 rings (SSSR count). The van der Waals surface area contributed by atoms with Gasteiger partial charge < -0.3 is 4.57 Å². The number of fused-ring (bicyclic) bond motifs is 1. The Kier molecular flexibility index (Phi) is 1.95. The largest absolute Gasteiger partial charge is 0.353 e. The lowest BCUT2D eigenvalue weighted by Gasteiger charge is -2.12. The van der Waals surface area contributed by atoms with Gasteiger partial charge in [0.05, 0.1) is 0 Å². The molecule has 0 spiro atoms. The van der Waals surface area contributed by atoms with E-state index in [9.17, 15) is 0 Å². The molecule has 0 radical (unpaired) electrons. The van der Waals surface area contributed by atoms with Gasteiger partial charge in [-0.2, -0.15) is 0 Å². The fraction of sp³-hybridized carbons (Fsp3) is 0.556.